The van der Waals surface area contributed by atoms with Gasteiger partial charge in [-0.3, -0.25) is 10.3 Å². The molecule has 0 bridgehead atoms. The molecule has 9 heteroatoms. The number of nitrogens with zero attached hydrogens (tertiary/aromatic N) is 2. The van der Waals surface area contributed by atoms with Gasteiger partial charge in [0.25, 0.3) is 0 Å². The second-order valence-electron chi connectivity index (χ2n) is 10.4. The molecule has 4 rings (SSSR count). The van der Waals surface area contributed by atoms with E-state index in [4.69, 9.17) is 27.5 Å². The molecule has 43 heavy (non-hydrogen) atoms. The van der Waals surface area contributed by atoms with Crippen LogP contribution in [-0.4, -0.2) is 36.8 Å². The highest BCUT2D eigenvalue weighted by atomic mass is 35.5. The van der Waals surface area contributed by atoms with Crippen LogP contribution in [0.4, 0.5) is 13.2 Å². The SMILES string of the molecule is N=C(Cc1cccc(OCCCN(Cc2cccc(C(F)(F)F)c2Cl)CC(C2=CCCC=C2)c2ccccc2)c1)N=CN. The van der Waals surface area contributed by atoms with Gasteiger partial charge in [0.05, 0.1) is 23.5 Å². The quantitative estimate of drug-likeness (QED) is 0.117. The number of hydrogen-bond donors (Lipinski definition) is 2. The van der Waals surface area contributed by atoms with Crippen LogP contribution in [0.15, 0.2) is 102 Å². The summed E-state index contributed by atoms with van der Waals surface area (Å²) in [7, 11) is 0. The van der Waals surface area contributed by atoms with Gasteiger partial charge in [-0.1, -0.05) is 84.4 Å². The van der Waals surface area contributed by atoms with Gasteiger partial charge >= 0.3 is 6.18 Å². The molecule has 3 aromatic carbocycles. The Morgan fingerprint density at radius 1 is 1.07 bits per heavy atom. The van der Waals surface area contributed by atoms with Crippen molar-refractivity contribution >= 4 is 23.8 Å². The zero-order chi connectivity index (χ0) is 30.7. The first-order valence-corrected chi connectivity index (χ1v) is 14.6. The average Bonchev–Trinajstić information content (AvgIpc) is 2.99. The summed E-state index contributed by atoms with van der Waals surface area (Å²) in [6, 6.07) is 21.8. The van der Waals surface area contributed by atoms with Gasteiger partial charge in [0.2, 0.25) is 0 Å². The van der Waals surface area contributed by atoms with Crippen molar-refractivity contribution in [3.05, 3.63) is 124 Å². The fourth-order valence-electron chi connectivity index (χ4n) is 5.19. The summed E-state index contributed by atoms with van der Waals surface area (Å²) in [4.78, 5) is 5.95. The van der Waals surface area contributed by atoms with E-state index in [1.807, 2.05) is 42.5 Å². The average molecular weight is 609 g/mol. The van der Waals surface area contributed by atoms with Crippen molar-refractivity contribution in [1.29, 1.82) is 5.41 Å². The number of benzene rings is 3. The Kier molecular flexibility index (Phi) is 11.6. The summed E-state index contributed by atoms with van der Waals surface area (Å²) >= 11 is 6.33. The minimum absolute atomic E-state index is 0.0476. The van der Waals surface area contributed by atoms with Gasteiger partial charge in [-0.05, 0) is 59.7 Å². The smallest absolute Gasteiger partial charge is 0.417 e. The van der Waals surface area contributed by atoms with Gasteiger partial charge in [-0.15, -0.1) is 0 Å². The third-order valence-corrected chi connectivity index (χ3v) is 7.68. The van der Waals surface area contributed by atoms with Crippen LogP contribution in [-0.2, 0) is 19.1 Å². The van der Waals surface area contributed by atoms with Gasteiger partial charge in [0.15, 0.2) is 0 Å². The van der Waals surface area contributed by atoms with Crippen molar-refractivity contribution in [2.45, 2.75) is 44.3 Å². The van der Waals surface area contributed by atoms with E-state index in [9.17, 15) is 13.2 Å². The van der Waals surface area contributed by atoms with E-state index in [-0.39, 0.29) is 23.3 Å². The van der Waals surface area contributed by atoms with E-state index in [1.54, 1.807) is 6.07 Å². The van der Waals surface area contributed by atoms with Gasteiger partial charge in [0, 0.05) is 32.0 Å². The van der Waals surface area contributed by atoms with Gasteiger partial charge < -0.3 is 10.5 Å². The highest BCUT2D eigenvalue weighted by Gasteiger charge is 2.34. The van der Waals surface area contributed by atoms with E-state index < -0.39 is 11.7 Å². The second-order valence-corrected chi connectivity index (χ2v) is 10.8. The Hall–Kier alpha value is -3.88. The molecular formula is C34H36ClF3N4O. The Balaban J connectivity index is 1.51. The van der Waals surface area contributed by atoms with Crippen LogP contribution in [0.2, 0.25) is 5.02 Å². The Morgan fingerprint density at radius 3 is 2.58 bits per heavy atom. The van der Waals surface area contributed by atoms with Gasteiger partial charge in [-0.25, -0.2) is 4.99 Å². The molecule has 0 aromatic heterocycles. The Labute approximate surface area is 256 Å². The summed E-state index contributed by atoms with van der Waals surface area (Å²) in [6.07, 6.45) is 6.09. The fourth-order valence-corrected chi connectivity index (χ4v) is 5.48. The molecule has 1 unspecified atom stereocenters. The van der Waals surface area contributed by atoms with Crippen molar-refractivity contribution in [3.63, 3.8) is 0 Å². The van der Waals surface area contributed by atoms with Crippen LogP contribution in [0.25, 0.3) is 0 Å². The number of amidine groups is 1. The molecule has 0 saturated heterocycles. The third-order valence-electron chi connectivity index (χ3n) is 7.23. The molecule has 3 N–H and O–H groups in total. The minimum Gasteiger partial charge on any atom is -0.494 e. The molecular weight excluding hydrogens is 573 g/mol. The maximum absolute atomic E-state index is 13.6. The molecule has 0 heterocycles. The van der Waals surface area contributed by atoms with Crippen LogP contribution in [0, 0.1) is 5.41 Å². The molecule has 0 aliphatic heterocycles. The lowest BCUT2D eigenvalue weighted by Crippen LogP contribution is -2.31. The number of ether oxygens (including phenoxy) is 1. The molecule has 0 radical (unpaired) electrons. The van der Waals surface area contributed by atoms with E-state index >= 15 is 0 Å². The van der Waals surface area contributed by atoms with Crippen molar-refractivity contribution in [1.82, 2.24) is 4.90 Å². The number of allylic oxidation sites excluding steroid dienone is 3. The number of aliphatic imine (C=N–C) groups is 1. The van der Waals surface area contributed by atoms with Crippen LogP contribution in [0.3, 0.4) is 0 Å². The molecule has 0 fully saturated rings. The Morgan fingerprint density at radius 2 is 1.86 bits per heavy atom. The van der Waals surface area contributed by atoms with Crippen molar-refractivity contribution in [2.24, 2.45) is 10.7 Å². The highest BCUT2D eigenvalue weighted by molar-refractivity contribution is 6.32. The zero-order valence-electron chi connectivity index (χ0n) is 23.9. The molecule has 226 valence electrons. The van der Waals surface area contributed by atoms with Crippen LogP contribution in [0.5, 0.6) is 5.75 Å². The summed E-state index contributed by atoms with van der Waals surface area (Å²) in [5.41, 5.74) is 8.14. The summed E-state index contributed by atoms with van der Waals surface area (Å²) in [5, 5.41) is 7.60. The minimum atomic E-state index is -4.53. The highest BCUT2D eigenvalue weighted by Crippen LogP contribution is 2.37. The molecule has 0 spiro atoms. The summed E-state index contributed by atoms with van der Waals surface area (Å²) < 4.78 is 46.9. The topological polar surface area (TPSA) is 74.7 Å². The maximum atomic E-state index is 13.6. The predicted molar refractivity (Wildman–Crippen MR) is 168 cm³/mol. The second kappa shape index (κ2) is 15.5. The number of alkyl halides is 3. The standard InChI is InChI=1S/C34H36ClF3N4O/c35-33-28(15-8-17-31(33)34(36,37)38)22-42(23-30(26-11-3-1-4-12-26)27-13-5-2-6-14-27)18-9-19-43-29-16-7-10-25(20-29)21-32(40)41-24-39/h1,3-5,7-8,10-17,20,24,30H,2,6,9,18-19,21-23H2,(H3,39,40,41). The molecule has 1 aliphatic carbocycles. The van der Waals surface area contributed by atoms with Crippen molar-refractivity contribution < 1.29 is 17.9 Å². The lowest BCUT2D eigenvalue weighted by atomic mass is 9.87. The Bertz CT molecular complexity index is 1450. The van der Waals surface area contributed by atoms with Gasteiger partial charge in [-0.2, -0.15) is 13.2 Å². The zero-order valence-corrected chi connectivity index (χ0v) is 24.6. The van der Waals surface area contributed by atoms with E-state index in [0.29, 0.717) is 43.9 Å². The van der Waals surface area contributed by atoms with E-state index in [1.165, 1.54) is 11.6 Å². The van der Waals surface area contributed by atoms with Gasteiger partial charge in [0.1, 0.15) is 11.6 Å². The number of rotatable bonds is 13. The van der Waals surface area contributed by atoms with Crippen LogP contribution < -0.4 is 10.5 Å². The first-order chi connectivity index (χ1) is 20.7. The normalized spacial score (nSPS) is 14.2. The largest absolute Gasteiger partial charge is 0.494 e. The third kappa shape index (κ3) is 9.56. The molecule has 1 atom stereocenters. The number of nitrogens with one attached hydrogen (secondary N) is 1. The molecule has 0 saturated carbocycles. The first kappa shape index (κ1) is 32.0. The molecule has 5 nitrogen and oxygen atoms in total. The van der Waals surface area contributed by atoms with E-state index in [2.05, 4.69) is 40.3 Å². The predicted octanol–water partition coefficient (Wildman–Crippen LogP) is 8.20. The molecule has 0 amide bonds. The number of halogens is 4. The lowest BCUT2D eigenvalue weighted by molar-refractivity contribution is -0.137. The van der Waals surface area contributed by atoms with Crippen molar-refractivity contribution in [2.75, 3.05) is 19.7 Å². The fraction of sp³-hybridized carbons (Fsp3) is 0.294. The number of hydrogen-bond acceptors (Lipinski definition) is 3. The van der Waals surface area contributed by atoms with Crippen molar-refractivity contribution in [3.8, 4) is 5.75 Å². The van der Waals surface area contributed by atoms with Crippen LogP contribution >= 0.6 is 11.6 Å². The lowest BCUT2D eigenvalue weighted by Gasteiger charge is -2.30. The summed E-state index contributed by atoms with van der Waals surface area (Å²) in [6.45, 7) is 1.87. The monoisotopic (exact) mass is 608 g/mol. The summed E-state index contributed by atoms with van der Waals surface area (Å²) in [5.74, 6) is 0.875. The maximum Gasteiger partial charge on any atom is 0.417 e. The van der Waals surface area contributed by atoms with E-state index in [0.717, 1.165) is 36.4 Å². The molecule has 1 aliphatic rings. The number of nitrogens with two attached hydrogens (primary N) is 1. The van der Waals surface area contributed by atoms with Crippen LogP contribution in [0.1, 0.15) is 47.4 Å². The molecule has 3 aromatic rings. The first-order valence-electron chi connectivity index (χ1n) is 14.3.